The molecule has 0 atom stereocenters. The van der Waals surface area contributed by atoms with Crippen molar-refractivity contribution in [1.29, 1.82) is 0 Å². The Kier molecular flexibility index (Phi) is 3.37. The quantitative estimate of drug-likeness (QED) is 0.796. The monoisotopic (exact) mass is 286 g/mol. The number of thiazole rings is 1. The van der Waals surface area contributed by atoms with Gasteiger partial charge in [0.1, 0.15) is 5.69 Å². The first-order valence-electron chi connectivity index (χ1n) is 5.96. The second-order valence-electron chi connectivity index (χ2n) is 5.95. The predicted molar refractivity (Wildman–Crippen MR) is 75.0 cm³/mol. The first kappa shape index (κ1) is 13.7. The Labute approximate surface area is 112 Å². The molecule has 0 radical (unpaired) electrons. The van der Waals surface area contributed by atoms with Crippen LogP contribution in [0.1, 0.15) is 26.5 Å². The molecule has 0 aliphatic carbocycles. The maximum absolute atomic E-state index is 14.0. The fourth-order valence-corrected chi connectivity index (χ4v) is 3.01. The second kappa shape index (κ2) is 4.43. The van der Waals surface area contributed by atoms with E-state index in [1.165, 1.54) is 15.7 Å². The van der Waals surface area contributed by atoms with E-state index in [1.54, 1.807) is 6.20 Å². The molecule has 0 saturated heterocycles. The van der Waals surface area contributed by atoms with Gasteiger partial charge < -0.3 is 4.43 Å². The summed E-state index contributed by atoms with van der Waals surface area (Å²) in [6.45, 7) is 11.1. The lowest BCUT2D eigenvalue weighted by molar-refractivity contribution is 0.266. The molecule has 0 spiro atoms. The van der Waals surface area contributed by atoms with Crippen LogP contribution in [0.2, 0.25) is 18.1 Å². The zero-order valence-corrected chi connectivity index (χ0v) is 13.3. The Morgan fingerprint density at radius 1 is 1.44 bits per heavy atom. The van der Waals surface area contributed by atoms with Gasteiger partial charge in [-0.25, -0.2) is 4.98 Å². The molecule has 0 aliphatic heterocycles. The fourth-order valence-electron chi connectivity index (χ4n) is 1.36. The van der Waals surface area contributed by atoms with Crippen molar-refractivity contribution in [1.82, 2.24) is 9.38 Å². The highest BCUT2D eigenvalue weighted by Gasteiger charge is 2.37. The highest BCUT2D eigenvalue weighted by atomic mass is 32.1. The van der Waals surface area contributed by atoms with Gasteiger partial charge in [0.2, 0.25) is 5.95 Å². The third-order valence-electron chi connectivity index (χ3n) is 3.65. The van der Waals surface area contributed by atoms with Gasteiger partial charge in [-0.15, -0.1) is 11.3 Å². The molecule has 6 heteroatoms. The summed E-state index contributed by atoms with van der Waals surface area (Å²) < 4.78 is 21.4. The molecule has 2 rings (SSSR count). The number of hydrogen-bond donors (Lipinski definition) is 0. The molecule has 0 bridgehead atoms. The molecule has 2 aromatic rings. The van der Waals surface area contributed by atoms with E-state index in [4.69, 9.17) is 4.43 Å². The number of imidazole rings is 1. The lowest BCUT2D eigenvalue weighted by atomic mass is 10.2. The third-order valence-corrected chi connectivity index (χ3v) is 8.88. The van der Waals surface area contributed by atoms with Crippen LogP contribution in [0.25, 0.3) is 4.96 Å². The van der Waals surface area contributed by atoms with E-state index in [2.05, 4.69) is 38.8 Å². The lowest BCUT2D eigenvalue weighted by Gasteiger charge is -2.35. The van der Waals surface area contributed by atoms with Gasteiger partial charge in [-0.05, 0) is 18.1 Å². The molecule has 0 N–H and O–H groups in total. The molecule has 0 amide bonds. The third kappa shape index (κ3) is 2.37. The molecule has 0 unspecified atom stereocenters. The van der Waals surface area contributed by atoms with Gasteiger partial charge in [0.25, 0.3) is 0 Å². The minimum absolute atomic E-state index is 0.126. The molecule has 18 heavy (non-hydrogen) atoms. The van der Waals surface area contributed by atoms with Gasteiger partial charge in [-0.3, -0.25) is 4.40 Å². The van der Waals surface area contributed by atoms with Crippen LogP contribution < -0.4 is 0 Å². The van der Waals surface area contributed by atoms with E-state index >= 15 is 0 Å². The van der Waals surface area contributed by atoms with E-state index in [9.17, 15) is 4.39 Å². The highest BCUT2D eigenvalue weighted by Crippen LogP contribution is 2.37. The standard InChI is InChI=1S/C12H19FN2OSSi/c1-12(2,3)18(4,5)16-8-9-10(13)15-6-7-17-11(15)14-9/h6-7H,8H2,1-5H3. The molecular weight excluding hydrogens is 267 g/mol. The van der Waals surface area contributed by atoms with Crippen molar-refractivity contribution in [2.45, 2.75) is 45.5 Å². The molecule has 0 fully saturated rings. The summed E-state index contributed by atoms with van der Waals surface area (Å²) in [4.78, 5) is 4.94. The zero-order valence-electron chi connectivity index (χ0n) is 11.5. The van der Waals surface area contributed by atoms with Crippen LogP contribution in [0.15, 0.2) is 11.6 Å². The van der Waals surface area contributed by atoms with Crippen molar-refractivity contribution in [2.24, 2.45) is 0 Å². The van der Waals surface area contributed by atoms with E-state index in [0.717, 1.165) is 0 Å². The van der Waals surface area contributed by atoms with Gasteiger partial charge in [0.05, 0.1) is 6.61 Å². The molecule has 100 valence electrons. The molecule has 0 saturated carbocycles. The second-order valence-corrected chi connectivity index (χ2v) is 11.6. The number of nitrogens with zero attached hydrogens (tertiary/aromatic N) is 2. The van der Waals surface area contributed by atoms with E-state index in [-0.39, 0.29) is 17.6 Å². The van der Waals surface area contributed by atoms with Crippen LogP contribution in [0.3, 0.4) is 0 Å². The van der Waals surface area contributed by atoms with Crippen LogP contribution in [-0.4, -0.2) is 17.7 Å². The maximum atomic E-state index is 14.0. The van der Waals surface area contributed by atoms with Crippen LogP contribution in [0.4, 0.5) is 4.39 Å². The van der Waals surface area contributed by atoms with Crippen LogP contribution >= 0.6 is 11.3 Å². The Bertz CT molecular complexity index is 556. The van der Waals surface area contributed by atoms with Gasteiger partial charge in [-0.2, -0.15) is 4.39 Å². The van der Waals surface area contributed by atoms with E-state index in [0.29, 0.717) is 10.7 Å². The van der Waals surface area contributed by atoms with Crippen molar-refractivity contribution in [3.63, 3.8) is 0 Å². The van der Waals surface area contributed by atoms with Gasteiger partial charge in [0, 0.05) is 11.6 Å². The molecule has 2 aromatic heterocycles. The first-order chi connectivity index (χ1) is 8.22. The SMILES string of the molecule is CC(C)(C)[Si](C)(C)OCc1nc2sccn2c1F. The summed E-state index contributed by atoms with van der Waals surface area (Å²) in [7, 11) is -1.85. The number of rotatable bonds is 3. The molecule has 0 aromatic carbocycles. The number of hydrogen-bond acceptors (Lipinski definition) is 3. The molecule has 0 aliphatic rings. The number of halogens is 1. The average Bonchev–Trinajstić information content (AvgIpc) is 2.78. The number of fused-ring (bicyclic) bond motifs is 1. The number of aromatic nitrogens is 2. The van der Waals surface area contributed by atoms with Crippen molar-refractivity contribution < 1.29 is 8.82 Å². The summed E-state index contributed by atoms with van der Waals surface area (Å²) in [5, 5.41) is 1.95. The maximum Gasteiger partial charge on any atom is 0.224 e. The summed E-state index contributed by atoms with van der Waals surface area (Å²) in [5.74, 6) is -0.301. The highest BCUT2D eigenvalue weighted by molar-refractivity contribution is 7.15. The van der Waals surface area contributed by atoms with E-state index < -0.39 is 8.32 Å². The summed E-state index contributed by atoms with van der Waals surface area (Å²) in [6, 6.07) is 0. The fraction of sp³-hybridized carbons (Fsp3) is 0.583. The predicted octanol–water partition coefficient (Wildman–Crippen LogP) is 4.06. The molecular formula is C12H19FN2OSSi. The van der Waals surface area contributed by atoms with Gasteiger partial charge in [0.15, 0.2) is 13.3 Å². The summed E-state index contributed by atoms with van der Waals surface area (Å²) >= 11 is 1.43. The Hall–Kier alpha value is -0.723. The first-order valence-corrected chi connectivity index (χ1v) is 9.75. The van der Waals surface area contributed by atoms with Gasteiger partial charge >= 0.3 is 0 Å². The van der Waals surface area contributed by atoms with Gasteiger partial charge in [-0.1, -0.05) is 20.8 Å². The van der Waals surface area contributed by atoms with Crippen LogP contribution in [-0.2, 0) is 11.0 Å². The normalized spacial score (nSPS) is 13.4. The van der Waals surface area contributed by atoms with Crippen molar-refractivity contribution >= 4 is 24.6 Å². The van der Waals surface area contributed by atoms with Crippen molar-refractivity contribution in [3.8, 4) is 0 Å². The minimum atomic E-state index is -1.85. The van der Waals surface area contributed by atoms with Crippen molar-refractivity contribution in [3.05, 3.63) is 23.2 Å². The van der Waals surface area contributed by atoms with E-state index in [1.807, 2.05) is 5.38 Å². The molecule has 3 nitrogen and oxygen atoms in total. The Morgan fingerprint density at radius 3 is 2.67 bits per heavy atom. The molecule has 2 heterocycles. The summed E-state index contributed by atoms with van der Waals surface area (Å²) in [6.07, 6.45) is 1.69. The summed E-state index contributed by atoms with van der Waals surface area (Å²) in [5.41, 5.74) is 0.409. The lowest BCUT2D eigenvalue weighted by Crippen LogP contribution is -2.40. The minimum Gasteiger partial charge on any atom is -0.411 e. The zero-order chi connectivity index (χ0) is 13.6. The largest absolute Gasteiger partial charge is 0.411 e. The van der Waals surface area contributed by atoms with Crippen molar-refractivity contribution in [2.75, 3.05) is 0 Å². The van der Waals surface area contributed by atoms with Crippen LogP contribution in [0, 0.1) is 5.95 Å². The smallest absolute Gasteiger partial charge is 0.224 e. The Balaban J connectivity index is 2.15. The van der Waals surface area contributed by atoms with Crippen LogP contribution in [0.5, 0.6) is 0 Å². The Morgan fingerprint density at radius 2 is 2.11 bits per heavy atom. The average molecular weight is 286 g/mol. The topological polar surface area (TPSA) is 26.5 Å².